The SMILES string of the molecule is CC[C@@H]1CC(=O)N([C@@H](CC)C(N)=O)C1. The lowest BCUT2D eigenvalue weighted by Crippen LogP contribution is -2.45. The van der Waals surface area contributed by atoms with Crippen LogP contribution in [0.4, 0.5) is 0 Å². The largest absolute Gasteiger partial charge is 0.368 e. The van der Waals surface area contributed by atoms with Gasteiger partial charge < -0.3 is 10.6 Å². The first-order valence-corrected chi connectivity index (χ1v) is 5.18. The zero-order chi connectivity index (χ0) is 10.7. The van der Waals surface area contributed by atoms with Gasteiger partial charge in [0.2, 0.25) is 11.8 Å². The molecule has 4 heteroatoms. The first kappa shape index (κ1) is 11.0. The first-order chi connectivity index (χ1) is 6.60. The third kappa shape index (κ3) is 2.05. The molecule has 4 nitrogen and oxygen atoms in total. The van der Waals surface area contributed by atoms with Crippen LogP contribution in [0.5, 0.6) is 0 Å². The fourth-order valence-corrected chi connectivity index (χ4v) is 1.96. The molecule has 0 bridgehead atoms. The first-order valence-electron chi connectivity index (χ1n) is 5.18. The fourth-order valence-electron chi connectivity index (χ4n) is 1.96. The van der Waals surface area contributed by atoms with E-state index >= 15 is 0 Å². The van der Waals surface area contributed by atoms with Crippen molar-refractivity contribution in [1.82, 2.24) is 4.90 Å². The monoisotopic (exact) mass is 198 g/mol. The molecular weight excluding hydrogens is 180 g/mol. The Balaban J connectivity index is 2.68. The van der Waals surface area contributed by atoms with E-state index in [1.54, 1.807) is 4.90 Å². The Morgan fingerprint density at radius 2 is 2.29 bits per heavy atom. The fraction of sp³-hybridized carbons (Fsp3) is 0.800. The van der Waals surface area contributed by atoms with Crippen LogP contribution < -0.4 is 5.73 Å². The van der Waals surface area contributed by atoms with E-state index in [0.717, 1.165) is 6.42 Å². The molecule has 1 rings (SSSR count). The standard InChI is InChI=1S/C10H18N2O2/c1-3-7-5-9(13)12(6-7)8(4-2)10(11)14/h7-8H,3-6H2,1-2H3,(H2,11,14)/t7-,8+/m1/s1. The number of hydrogen-bond acceptors (Lipinski definition) is 2. The van der Waals surface area contributed by atoms with E-state index in [1.165, 1.54) is 0 Å². The van der Waals surface area contributed by atoms with Gasteiger partial charge in [-0.15, -0.1) is 0 Å². The summed E-state index contributed by atoms with van der Waals surface area (Å²) in [6.45, 7) is 4.63. The van der Waals surface area contributed by atoms with E-state index in [0.29, 0.717) is 25.3 Å². The van der Waals surface area contributed by atoms with Gasteiger partial charge in [-0.3, -0.25) is 9.59 Å². The van der Waals surface area contributed by atoms with Crippen molar-refractivity contribution in [2.45, 2.75) is 39.2 Å². The number of nitrogens with two attached hydrogens (primary N) is 1. The molecule has 1 saturated heterocycles. The van der Waals surface area contributed by atoms with E-state index in [2.05, 4.69) is 6.92 Å². The van der Waals surface area contributed by atoms with Crippen LogP contribution in [0.1, 0.15) is 33.1 Å². The van der Waals surface area contributed by atoms with Crippen LogP contribution in [-0.2, 0) is 9.59 Å². The number of likely N-dealkylation sites (tertiary alicyclic amines) is 1. The maximum Gasteiger partial charge on any atom is 0.240 e. The minimum atomic E-state index is -0.404. The zero-order valence-corrected chi connectivity index (χ0v) is 8.82. The lowest BCUT2D eigenvalue weighted by atomic mass is 10.1. The third-order valence-electron chi connectivity index (χ3n) is 2.91. The van der Waals surface area contributed by atoms with Crippen LogP contribution in [0.3, 0.4) is 0 Å². The van der Waals surface area contributed by atoms with Crippen molar-refractivity contribution in [2.75, 3.05) is 6.54 Å². The normalized spacial score (nSPS) is 24.0. The molecule has 14 heavy (non-hydrogen) atoms. The highest BCUT2D eigenvalue weighted by Crippen LogP contribution is 2.23. The summed E-state index contributed by atoms with van der Waals surface area (Å²) in [5, 5.41) is 0. The molecule has 0 spiro atoms. The Bertz CT molecular complexity index is 240. The Hall–Kier alpha value is -1.06. The summed E-state index contributed by atoms with van der Waals surface area (Å²) in [5.74, 6) is 0.0796. The van der Waals surface area contributed by atoms with Gasteiger partial charge in [0.05, 0.1) is 0 Å². The quantitative estimate of drug-likeness (QED) is 0.715. The second-order valence-corrected chi connectivity index (χ2v) is 3.85. The Labute approximate surface area is 84.4 Å². The van der Waals surface area contributed by atoms with Gasteiger partial charge in [0.1, 0.15) is 6.04 Å². The predicted octanol–water partition coefficient (Wildman–Crippen LogP) is 0.509. The molecule has 0 aliphatic carbocycles. The average molecular weight is 198 g/mol. The molecule has 80 valence electrons. The second-order valence-electron chi connectivity index (χ2n) is 3.85. The molecule has 2 amide bonds. The molecule has 1 aliphatic heterocycles. The van der Waals surface area contributed by atoms with E-state index in [-0.39, 0.29) is 5.91 Å². The van der Waals surface area contributed by atoms with Gasteiger partial charge in [-0.25, -0.2) is 0 Å². The second kappa shape index (κ2) is 4.44. The van der Waals surface area contributed by atoms with Crippen molar-refractivity contribution < 1.29 is 9.59 Å². The van der Waals surface area contributed by atoms with Gasteiger partial charge >= 0.3 is 0 Å². The van der Waals surface area contributed by atoms with Crippen molar-refractivity contribution in [3.63, 3.8) is 0 Å². The number of rotatable bonds is 4. The van der Waals surface area contributed by atoms with Crippen LogP contribution in [0.25, 0.3) is 0 Å². The molecular formula is C10H18N2O2. The highest BCUT2D eigenvalue weighted by molar-refractivity contribution is 5.87. The van der Waals surface area contributed by atoms with Crippen LogP contribution in [0.15, 0.2) is 0 Å². The third-order valence-corrected chi connectivity index (χ3v) is 2.91. The summed E-state index contributed by atoms with van der Waals surface area (Å²) < 4.78 is 0. The highest BCUT2D eigenvalue weighted by atomic mass is 16.2. The lowest BCUT2D eigenvalue weighted by molar-refractivity contribution is -0.136. The van der Waals surface area contributed by atoms with Gasteiger partial charge in [-0.2, -0.15) is 0 Å². The van der Waals surface area contributed by atoms with Gasteiger partial charge in [-0.1, -0.05) is 20.3 Å². The summed E-state index contributed by atoms with van der Waals surface area (Å²) in [6, 6.07) is -0.404. The van der Waals surface area contributed by atoms with E-state index < -0.39 is 11.9 Å². The molecule has 0 saturated carbocycles. The number of amides is 2. The van der Waals surface area contributed by atoms with E-state index in [9.17, 15) is 9.59 Å². The highest BCUT2D eigenvalue weighted by Gasteiger charge is 2.34. The average Bonchev–Trinajstić information content (AvgIpc) is 2.48. The summed E-state index contributed by atoms with van der Waals surface area (Å²) in [5.41, 5.74) is 5.24. The summed E-state index contributed by atoms with van der Waals surface area (Å²) in [7, 11) is 0. The molecule has 2 N–H and O–H groups in total. The molecule has 0 radical (unpaired) electrons. The van der Waals surface area contributed by atoms with Gasteiger partial charge in [0.15, 0.2) is 0 Å². The van der Waals surface area contributed by atoms with Crippen LogP contribution in [0.2, 0.25) is 0 Å². The number of hydrogen-bond donors (Lipinski definition) is 1. The van der Waals surface area contributed by atoms with Crippen molar-refractivity contribution in [3.05, 3.63) is 0 Å². The smallest absolute Gasteiger partial charge is 0.240 e. The van der Waals surface area contributed by atoms with Crippen LogP contribution in [-0.4, -0.2) is 29.3 Å². The Kier molecular flexibility index (Phi) is 3.49. The topological polar surface area (TPSA) is 63.4 Å². The molecule has 1 fully saturated rings. The number of primary amides is 1. The molecule has 1 heterocycles. The molecule has 0 aromatic rings. The molecule has 0 aromatic carbocycles. The summed E-state index contributed by atoms with van der Waals surface area (Å²) >= 11 is 0. The van der Waals surface area contributed by atoms with Crippen molar-refractivity contribution >= 4 is 11.8 Å². The van der Waals surface area contributed by atoms with Gasteiger partial charge in [0, 0.05) is 13.0 Å². The Morgan fingerprint density at radius 1 is 1.64 bits per heavy atom. The lowest BCUT2D eigenvalue weighted by Gasteiger charge is -2.24. The van der Waals surface area contributed by atoms with Gasteiger partial charge in [0.25, 0.3) is 0 Å². The maximum atomic E-state index is 11.6. The minimum Gasteiger partial charge on any atom is -0.368 e. The van der Waals surface area contributed by atoms with Crippen LogP contribution >= 0.6 is 0 Å². The summed E-state index contributed by atoms with van der Waals surface area (Å²) in [4.78, 5) is 24.3. The van der Waals surface area contributed by atoms with Crippen molar-refractivity contribution in [1.29, 1.82) is 0 Å². The molecule has 0 unspecified atom stereocenters. The van der Waals surface area contributed by atoms with Gasteiger partial charge in [-0.05, 0) is 12.3 Å². The minimum absolute atomic E-state index is 0.0718. The number of carbonyl (C=O) groups is 2. The van der Waals surface area contributed by atoms with E-state index in [4.69, 9.17) is 5.73 Å². The van der Waals surface area contributed by atoms with Crippen LogP contribution in [0, 0.1) is 5.92 Å². The molecule has 2 atom stereocenters. The van der Waals surface area contributed by atoms with Crippen molar-refractivity contribution in [2.24, 2.45) is 11.7 Å². The molecule has 0 aromatic heterocycles. The predicted molar refractivity (Wildman–Crippen MR) is 53.4 cm³/mol. The van der Waals surface area contributed by atoms with E-state index in [1.807, 2.05) is 6.92 Å². The maximum absolute atomic E-state index is 11.6. The Morgan fingerprint density at radius 3 is 2.64 bits per heavy atom. The molecule has 1 aliphatic rings. The summed E-state index contributed by atoms with van der Waals surface area (Å²) in [6.07, 6.45) is 2.16. The number of carbonyl (C=O) groups excluding carboxylic acids is 2. The number of nitrogens with zero attached hydrogens (tertiary/aromatic N) is 1. The van der Waals surface area contributed by atoms with Crippen molar-refractivity contribution in [3.8, 4) is 0 Å². The zero-order valence-electron chi connectivity index (χ0n) is 8.82.